The van der Waals surface area contributed by atoms with E-state index >= 15 is 0 Å². The van der Waals surface area contributed by atoms with E-state index in [1.54, 1.807) is 36.4 Å². The smallest absolute Gasteiger partial charge is 0.319 e. The van der Waals surface area contributed by atoms with Gasteiger partial charge in [-0.1, -0.05) is 60.7 Å². The Morgan fingerprint density at radius 1 is 0.612 bits per heavy atom. The number of hydrogen-bond acceptors (Lipinski definition) is 11. The molecule has 13 nitrogen and oxygen atoms in total. The number of ether oxygens (including phenoxy) is 1. The van der Waals surface area contributed by atoms with Gasteiger partial charge in [0, 0.05) is 22.3 Å². The van der Waals surface area contributed by atoms with Crippen LogP contribution >= 0.6 is 0 Å². The van der Waals surface area contributed by atoms with E-state index in [4.69, 9.17) is 10.5 Å². The van der Waals surface area contributed by atoms with Gasteiger partial charge in [0.25, 0.3) is 5.91 Å². The predicted molar refractivity (Wildman–Crippen MR) is 181 cm³/mol. The number of primary amides is 1. The normalized spacial score (nSPS) is 10.9. The third-order valence-corrected chi connectivity index (χ3v) is 7.41. The fourth-order valence-corrected chi connectivity index (χ4v) is 5.18. The first-order chi connectivity index (χ1) is 23.9. The number of anilines is 1. The van der Waals surface area contributed by atoms with Gasteiger partial charge in [-0.2, -0.15) is 9.97 Å². The molecule has 3 heterocycles. The molecule has 49 heavy (non-hydrogen) atoms. The Bertz CT molecular complexity index is 2340. The lowest BCUT2D eigenvalue weighted by Crippen LogP contribution is -2.18. The van der Waals surface area contributed by atoms with Crippen molar-refractivity contribution in [3.63, 3.8) is 0 Å². The van der Waals surface area contributed by atoms with Crippen LogP contribution in [-0.4, -0.2) is 52.4 Å². The highest BCUT2D eigenvalue weighted by Gasteiger charge is 2.21. The average molecular weight is 649 g/mol. The Hall–Kier alpha value is -7.28. The number of nitrogens with zero attached hydrogens (tertiary/aromatic N) is 6. The lowest BCUT2D eigenvalue weighted by atomic mass is 10.0. The predicted octanol–water partition coefficient (Wildman–Crippen LogP) is 5.75. The van der Waals surface area contributed by atoms with Crippen molar-refractivity contribution < 1.29 is 24.5 Å². The largest absolute Gasteiger partial charge is 0.492 e. The van der Waals surface area contributed by atoms with Crippen LogP contribution in [0.3, 0.4) is 0 Å². The molecule has 3 aromatic heterocycles. The molecule has 2 amide bonds. The number of amides is 2. The van der Waals surface area contributed by atoms with Crippen molar-refractivity contribution >= 4 is 29.3 Å². The summed E-state index contributed by atoms with van der Waals surface area (Å²) < 4.78 is 6.12. The maximum atomic E-state index is 12.2. The number of fused-ring (bicyclic) bond motifs is 1. The van der Waals surface area contributed by atoms with E-state index in [9.17, 15) is 19.8 Å². The summed E-state index contributed by atoms with van der Waals surface area (Å²) in [6.07, 6.45) is 0.410. The molecule has 238 valence electrons. The zero-order chi connectivity index (χ0) is 33.9. The molecule has 5 N–H and O–H groups in total. The summed E-state index contributed by atoms with van der Waals surface area (Å²) in [5.41, 5.74) is 10.1. The van der Waals surface area contributed by atoms with Crippen molar-refractivity contribution in [2.45, 2.75) is 0 Å². The van der Waals surface area contributed by atoms with E-state index in [0.717, 1.165) is 11.1 Å². The Morgan fingerprint density at radius 3 is 1.63 bits per heavy atom. The van der Waals surface area contributed by atoms with Crippen molar-refractivity contribution in [3.05, 3.63) is 115 Å². The number of nitrogens with two attached hydrogens (primary N) is 1. The summed E-state index contributed by atoms with van der Waals surface area (Å²) in [7, 11) is 0. The van der Waals surface area contributed by atoms with Crippen molar-refractivity contribution in [2.24, 2.45) is 5.73 Å². The van der Waals surface area contributed by atoms with Gasteiger partial charge < -0.3 is 26.0 Å². The molecule has 4 aromatic carbocycles. The molecular weight excluding hydrogens is 624 g/mol. The van der Waals surface area contributed by atoms with Crippen LogP contribution in [0, 0.1) is 0 Å². The first-order valence-corrected chi connectivity index (χ1v) is 14.8. The standard InChI is InChI=1S/C36H24N8O5/c37-32(46)30-33(38-19-45)41-28(21-9-5-2-6-10-21)27(39-30)22-11-15-24(16-12-22)49-25-17-13-23(14-18-25)29-26(20-7-3-1-4-8-20)40-31-34(42-29)43-36(48)44-35(31)47/h1-19H,(H2,37,46)(H,38,41,45)(H2,42,43,44,47,48). The molecule has 7 aromatic rings. The van der Waals surface area contributed by atoms with Crippen molar-refractivity contribution in [2.75, 3.05) is 5.32 Å². The summed E-state index contributed by atoms with van der Waals surface area (Å²) in [5, 5.41) is 22.6. The van der Waals surface area contributed by atoms with Gasteiger partial charge in [0.05, 0.1) is 22.8 Å². The molecule has 7 rings (SSSR count). The Labute approximate surface area is 277 Å². The minimum atomic E-state index is -0.837. The van der Waals surface area contributed by atoms with E-state index < -0.39 is 17.8 Å². The second-order valence-electron chi connectivity index (χ2n) is 10.6. The number of aromatic nitrogens is 6. The third-order valence-electron chi connectivity index (χ3n) is 7.41. The van der Waals surface area contributed by atoms with E-state index in [-0.39, 0.29) is 22.7 Å². The molecule has 0 saturated carbocycles. The number of carbonyl (C=O) groups is 2. The maximum absolute atomic E-state index is 12.2. The second-order valence-corrected chi connectivity index (χ2v) is 10.6. The highest BCUT2D eigenvalue weighted by molar-refractivity contribution is 5.99. The van der Waals surface area contributed by atoms with Gasteiger partial charge in [0.2, 0.25) is 12.3 Å². The lowest BCUT2D eigenvalue weighted by Gasteiger charge is -2.14. The highest BCUT2D eigenvalue weighted by atomic mass is 16.5. The van der Waals surface area contributed by atoms with Crippen LogP contribution in [0.4, 0.5) is 5.82 Å². The summed E-state index contributed by atoms with van der Waals surface area (Å²) in [4.78, 5) is 49.2. The monoisotopic (exact) mass is 648 g/mol. The highest BCUT2D eigenvalue weighted by Crippen LogP contribution is 2.36. The van der Waals surface area contributed by atoms with Gasteiger partial charge >= 0.3 is 6.01 Å². The zero-order valence-corrected chi connectivity index (χ0v) is 25.3. The van der Waals surface area contributed by atoms with Crippen LogP contribution in [0.2, 0.25) is 0 Å². The number of aromatic hydroxyl groups is 2. The molecule has 0 unspecified atom stereocenters. The van der Waals surface area contributed by atoms with Crippen molar-refractivity contribution in [3.8, 4) is 68.4 Å². The van der Waals surface area contributed by atoms with Crippen LogP contribution in [0.15, 0.2) is 109 Å². The molecule has 0 saturated heterocycles. The molecule has 0 aliphatic heterocycles. The SMILES string of the molecule is NC(=O)c1nc(-c2ccc(Oc3ccc(-c4nc5nc(O)nc(O)c5nc4-c4ccccc4)cc3)cc2)c(-c2ccccc2)nc1NC=O. The Balaban J connectivity index is 1.20. The Kier molecular flexibility index (Phi) is 7.96. The van der Waals surface area contributed by atoms with Crippen LogP contribution in [0.5, 0.6) is 23.4 Å². The van der Waals surface area contributed by atoms with Gasteiger partial charge in [-0.3, -0.25) is 9.59 Å². The number of nitrogens with one attached hydrogen (secondary N) is 1. The molecule has 0 spiro atoms. The summed E-state index contributed by atoms with van der Waals surface area (Å²) >= 11 is 0. The van der Waals surface area contributed by atoms with Crippen LogP contribution in [0.25, 0.3) is 56.2 Å². The number of benzene rings is 4. The fourth-order valence-electron chi connectivity index (χ4n) is 5.18. The minimum Gasteiger partial charge on any atom is -0.492 e. The zero-order valence-electron chi connectivity index (χ0n) is 25.3. The van der Waals surface area contributed by atoms with E-state index in [1.807, 2.05) is 72.8 Å². The van der Waals surface area contributed by atoms with Crippen molar-refractivity contribution in [1.29, 1.82) is 0 Å². The van der Waals surface area contributed by atoms with Gasteiger partial charge in [0.1, 0.15) is 11.5 Å². The average Bonchev–Trinajstić information content (AvgIpc) is 3.12. The maximum Gasteiger partial charge on any atom is 0.319 e. The van der Waals surface area contributed by atoms with E-state index in [0.29, 0.717) is 51.8 Å². The lowest BCUT2D eigenvalue weighted by molar-refractivity contribution is -0.105. The molecule has 0 atom stereocenters. The first kappa shape index (κ1) is 30.4. The van der Waals surface area contributed by atoms with E-state index in [1.165, 1.54) is 0 Å². The molecule has 0 aliphatic rings. The quantitative estimate of drug-likeness (QED) is 0.139. The van der Waals surface area contributed by atoms with Crippen LogP contribution < -0.4 is 15.8 Å². The first-order valence-electron chi connectivity index (χ1n) is 14.8. The summed E-state index contributed by atoms with van der Waals surface area (Å²) in [6.45, 7) is 0. The second kappa shape index (κ2) is 12.8. The molecule has 0 bridgehead atoms. The molecule has 0 radical (unpaired) electrons. The molecular formula is C36H24N8O5. The number of hydrogen-bond donors (Lipinski definition) is 4. The topological polar surface area (TPSA) is 199 Å². The van der Waals surface area contributed by atoms with Gasteiger partial charge in [-0.25, -0.2) is 19.9 Å². The van der Waals surface area contributed by atoms with Gasteiger partial charge in [-0.05, 0) is 48.5 Å². The Morgan fingerprint density at radius 2 is 1.10 bits per heavy atom. The molecule has 0 fully saturated rings. The summed E-state index contributed by atoms with van der Waals surface area (Å²) in [5.74, 6) is -0.288. The molecule has 0 aliphatic carbocycles. The third kappa shape index (κ3) is 6.14. The fraction of sp³-hybridized carbons (Fsp3) is 0. The van der Waals surface area contributed by atoms with E-state index in [2.05, 4.69) is 35.2 Å². The number of rotatable bonds is 9. The van der Waals surface area contributed by atoms with Gasteiger partial charge in [-0.15, -0.1) is 0 Å². The van der Waals surface area contributed by atoms with Crippen LogP contribution in [0.1, 0.15) is 10.5 Å². The minimum absolute atomic E-state index is 0.0383. The number of carbonyl (C=O) groups excluding carboxylic acids is 2. The van der Waals surface area contributed by atoms with Gasteiger partial charge in [0.15, 0.2) is 22.7 Å². The summed E-state index contributed by atoms with van der Waals surface area (Å²) in [6, 6.07) is 32.2. The molecule has 13 heteroatoms. The van der Waals surface area contributed by atoms with Crippen molar-refractivity contribution in [1.82, 2.24) is 29.9 Å². The van der Waals surface area contributed by atoms with Crippen LogP contribution in [-0.2, 0) is 4.79 Å².